The van der Waals surface area contributed by atoms with Crippen LogP contribution in [0.5, 0.6) is 0 Å². The first kappa shape index (κ1) is 12.1. The summed E-state index contributed by atoms with van der Waals surface area (Å²) in [5, 5.41) is 16.2. The Kier molecular flexibility index (Phi) is 3.55. The number of carboxylic acid groups (broad SMARTS) is 1. The van der Waals surface area contributed by atoms with E-state index in [4.69, 9.17) is 5.11 Å². The predicted molar refractivity (Wildman–Crippen MR) is 56.0 cm³/mol. The van der Waals surface area contributed by atoms with E-state index in [2.05, 4.69) is 10.2 Å². The van der Waals surface area contributed by atoms with Gasteiger partial charge in [0.05, 0.1) is 5.69 Å². The molecule has 0 fully saturated rings. The number of aromatic nitrogens is 2. The van der Waals surface area contributed by atoms with Crippen molar-refractivity contribution in [2.75, 3.05) is 7.05 Å². The molecule has 0 saturated heterocycles. The molecule has 0 aliphatic rings. The largest absolute Gasteiger partial charge is 0.480 e. The monoisotopic (exact) mass is 223 g/mol. The number of likely N-dealkylation sites (N-methyl/N-ethyl adjacent to an activating group) is 1. The van der Waals surface area contributed by atoms with Gasteiger partial charge in [-0.2, -0.15) is 5.10 Å². The van der Waals surface area contributed by atoms with Gasteiger partial charge in [-0.15, -0.1) is 5.10 Å². The maximum absolute atomic E-state index is 11.8. The lowest BCUT2D eigenvalue weighted by Gasteiger charge is -2.20. The Hall–Kier alpha value is -1.98. The smallest absolute Gasteiger partial charge is 0.326 e. The van der Waals surface area contributed by atoms with Crippen LogP contribution in [0.4, 0.5) is 0 Å². The lowest BCUT2D eigenvalue weighted by atomic mass is 10.2. The molecule has 1 aromatic heterocycles. The SMILES string of the molecule is Cc1ccc(C(=O)N(C)C(C)C(=O)O)nn1. The van der Waals surface area contributed by atoms with Crippen LogP contribution in [-0.4, -0.2) is 45.2 Å². The number of hydrogen-bond donors (Lipinski definition) is 1. The quantitative estimate of drug-likeness (QED) is 0.798. The van der Waals surface area contributed by atoms with E-state index in [9.17, 15) is 9.59 Å². The van der Waals surface area contributed by atoms with Crippen molar-refractivity contribution in [3.05, 3.63) is 23.5 Å². The maximum atomic E-state index is 11.8. The van der Waals surface area contributed by atoms with Crippen LogP contribution in [0.25, 0.3) is 0 Å². The summed E-state index contributed by atoms with van der Waals surface area (Å²) in [6.45, 7) is 3.19. The lowest BCUT2D eigenvalue weighted by molar-refractivity contribution is -0.141. The molecule has 1 amide bonds. The van der Waals surface area contributed by atoms with E-state index in [1.165, 1.54) is 20.0 Å². The number of rotatable bonds is 3. The molecule has 0 radical (unpaired) electrons. The fraction of sp³-hybridized carbons (Fsp3) is 0.400. The first-order chi connectivity index (χ1) is 7.43. The molecular weight excluding hydrogens is 210 g/mol. The summed E-state index contributed by atoms with van der Waals surface area (Å²) in [6.07, 6.45) is 0. The third kappa shape index (κ3) is 2.53. The Morgan fingerprint density at radius 1 is 1.38 bits per heavy atom. The Balaban J connectivity index is 2.86. The molecule has 0 aromatic carbocycles. The summed E-state index contributed by atoms with van der Waals surface area (Å²) in [4.78, 5) is 23.6. The number of nitrogens with zero attached hydrogens (tertiary/aromatic N) is 3. The van der Waals surface area contributed by atoms with Crippen LogP contribution < -0.4 is 0 Å². The number of amides is 1. The summed E-state index contributed by atoms with van der Waals surface area (Å²) in [5.74, 6) is -1.52. The zero-order valence-corrected chi connectivity index (χ0v) is 9.34. The Bertz CT molecular complexity index is 402. The molecule has 0 spiro atoms. The van der Waals surface area contributed by atoms with Gasteiger partial charge in [0.25, 0.3) is 5.91 Å². The topological polar surface area (TPSA) is 83.4 Å². The minimum Gasteiger partial charge on any atom is -0.480 e. The van der Waals surface area contributed by atoms with Crippen LogP contribution >= 0.6 is 0 Å². The van der Waals surface area contributed by atoms with Gasteiger partial charge in [0.1, 0.15) is 6.04 Å². The van der Waals surface area contributed by atoms with Crippen LogP contribution in [0.3, 0.4) is 0 Å². The van der Waals surface area contributed by atoms with Crippen molar-refractivity contribution in [1.29, 1.82) is 0 Å². The van der Waals surface area contributed by atoms with Crippen molar-refractivity contribution in [2.45, 2.75) is 19.9 Å². The van der Waals surface area contributed by atoms with Crippen LogP contribution in [0, 0.1) is 6.92 Å². The van der Waals surface area contributed by atoms with Crippen molar-refractivity contribution in [1.82, 2.24) is 15.1 Å². The van der Waals surface area contributed by atoms with Gasteiger partial charge in [-0.05, 0) is 26.0 Å². The molecule has 6 heteroatoms. The third-order valence-corrected chi connectivity index (χ3v) is 2.28. The zero-order chi connectivity index (χ0) is 12.3. The molecule has 0 aliphatic carbocycles. The lowest BCUT2D eigenvalue weighted by Crippen LogP contribution is -2.40. The van der Waals surface area contributed by atoms with E-state index in [1.54, 1.807) is 13.0 Å². The van der Waals surface area contributed by atoms with E-state index in [0.717, 1.165) is 4.90 Å². The van der Waals surface area contributed by atoms with E-state index >= 15 is 0 Å². The molecule has 0 bridgehead atoms. The standard InChI is InChI=1S/C10H13N3O3/c1-6-4-5-8(12-11-6)9(14)13(3)7(2)10(15)16/h4-5,7H,1-3H3,(H,15,16). The fourth-order valence-corrected chi connectivity index (χ4v) is 1.04. The van der Waals surface area contributed by atoms with Gasteiger partial charge in [-0.1, -0.05) is 0 Å². The Labute approximate surface area is 92.9 Å². The third-order valence-electron chi connectivity index (χ3n) is 2.28. The molecule has 1 aromatic rings. The summed E-state index contributed by atoms with van der Waals surface area (Å²) in [5.41, 5.74) is 0.840. The fourth-order valence-electron chi connectivity index (χ4n) is 1.04. The summed E-state index contributed by atoms with van der Waals surface area (Å²) < 4.78 is 0. The van der Waals surface area contributed by atoms with Gasteiger partial charge in [0, 0.05) is 7.05 Å². The Morgan fingerprint density at radius 2 is 2.00 bits per heavy atom. The highest BCUT2D eigenvalue weighted by molar-refractivity contribution is 5.94. The highest BCUT2D eigenvalue weighted by atomic mass is 16.4. The molecule has 1 atom stereocenters. The first-order valence-electron chi connectivity index (χ1n) is 4.73. The van der Waals surface area contributed by atoms with E-state index in [-0.39, 0.29) is 5.69 Å². The van der Waals surface area contributed by atoms with Gasteiger partial charge >= 0.3 is 5.97 Å². The van der Waals surface area contributed by atoms with Crippen LogP contribution in [0.1, 0.15) is 23.1 Å². The minimum absolute atomic E-state index is 0.140. The highest BCUT2D eigenvalue weighted by Gasteiger charge is 2.23. The van der Waals surface area contributed by atoms with Gasteiger partial charge < -0.3 is 10.0 Å². The molecule has 16 heavy (non-hydrogen) atoms. The number of carbonyl (C=O) groups excluding carboxylic acids is 1. The predicted octanol–water partition coefficient (Wildman–Crippen LogP) is 0.330. The second-order valence-corrected chi connectivity index (χ2v) is 3.49. The second kappa shape index (κ2) is 4.69. The van der Waals surface area contributed by atoms with Gasteiger partial charge in [-0.3, -0.25) is 4.79 Å². The van der Waals surface area contributed by atoms with Crippen molar-refractivity contribution < 1.29 is 14.7 Å². The number of carbonyl (C=O) groups is 2. The molecule has 1 rings (SSSR count). The second-order valence-electron chi connectivity index (χ2n) is 3.49. The molecule has 0 aliphatic heterocycles. The van der Waals surface area contributed by atoms with Crippen LogP contribution in [-0.2, 0) is 4.79 Å². The molecule has 1 heterocycles. The van der Waals surface area contributed by atoms with Crippen molar-refractivity contribution in [3.63, 3.8) is 0 Å². The van der Waals surface area contributed by atoms with Gasteiger partial charge in [0.2, 0.25) is 0 Å². The maximum Gasteiger partial charge on any atom is 0.326 e. The van der Waals surface area contributed by atoms with Crippen molar-refractivity contribution in [3.8, 4) is 0 Å². The highest BCUT2D eigenvalue weighted by Crippen LogP contribution is 2.04. The normalized spacial score (nSPS) is 11.9. The minimum atomic E-state index is -1.06. The molecule has 6 nitrogen and oxygen atoms in total. The Morgan fingerprint density at radius 3 is 2.44 bits per heavy atom. The van der Waals surface area contributed by atoms with E-state index in [0.29, 0.717) is 5.69 Å². The zero-order valence-electron chi connectivity index (χ0n) is 9.34. The van der Waals surface area contributed by atoms with Crippen LogP contribution in [0.2, 0.25) is 0 Å². The average Bonchev–Trinajstić information content (AvgIpc) is 2.27. The molecule has 86 valence electrons. The summed E-state index contributed by atoms with van der Waals surface area (Å²) in [7, 11) is 1.42. The van der Waals surface area contributed by atoms with E-state index in [1.807, 2.05) is 0 Å². The first-order valence-corrected chi connectivity index (χ1v) is 4.73. The van der Waals surface area contributed by atoms with Gasteiger partial charge in [0.15, 0.2) is 5.69 Å². The molecular formula is C10H13N3O3. The molecule has 1 unspecified atom stereocenters. The molecule has 0 saturated carbocycles. The van der Waals surface area contributed by atoms with Crippen molar-refractivity contribution >= 4 is 11.9 Å². The number of hydrogen-bond acceptors (Lipinski definition) is 4. The summed E-state index contributed by atoms with van der Waals surface area (Å²) >= 11 is 0. The van der Waals surface area contributed by atoms with Crippen LogP contribution in [0.15, 0.2) is 12.1 Å². The number of aliphatic carboxylic acids is 1. The summed E-state index contributed by atoms with van der Waals surface area (Å²) in [6, 6.07) is 2.28. The number of carboxylic acids is 1. The molecule has 1 N–H and O–H groups in total. The van der Waals surface area contributed by atoms with E-state index < -0.39 is 17.9 Å². The number of aryl methyl sites for hydroxylation is 1. The average molecular weight is 223 g/mol. The van der Waals surface area contributed by atoms with Crippen molar-refractivity contribution in [2.24, 2.45) is 0 Å². The van der Waals surface area contributed by atoms with Gasteiger partial charge in [-0.25, -0.2) is 4.79 Å².